The smallest absolute Gasteiger partial charge is 0.289 e. The number of aliphatic hydroxyl groups excluding tert-OH is 1. The summed E-state index contributed by atoms with van der Waals surface area (Å²) in [6, 6.07) is 50.1. The van der Waals surface area contributed by atoms with Crippen LogP contribution in [0.2, 0.25) is 0 Å². The third-order valence-corrected chi connectivity index (χ3v) is 21.4. The summed E-state index contributed by atoms with van der Waals surface area (Å²) in [5.74, 6) is -3.65. The highest BCUT2D eigenvalue weighted by Gasteiger charge is 2.42. The number of benzene rings is 6. The van der Waals surface area contributed by atoms with Crippen LogP contribution in [0, 0.1) is 13.1 Å². The minimum Gasteiger partial charge on any atom is -0.497 e. The predicted molar refractivity (Wildman–Crippen MR) is 413 cm³/mol. The van der Waals surface area contributed by atoms with Gasteiger partial charge in [-0.15, -0.1) is 0 Å². The summed E-state index contributed by atoms with van der Waals surface area (Å²) in [6.07, 6.45) is 5.51. The first-order valence-corrected chi connectivity index (χ1v) is 37.7. The van der Waals surface area contributed by atoms with Crippen LogP contribution in [0.1, 0.15) is 108 Å². The monoisotopic (exact) mass is 1540 g/mol. The zero-order chi connectivity index (χ0) is 77.3. The fourth-order valence-corrected chi connectivity index (χ4v) is 16.1. The van der Waals surface area contributed by atoms with Crippen molar-refractivity contribution in [1.29, 1.82) is 0 Å². The molecule has 4 aromatic heterocycles. The van der Waals surface area contributed by atoms with E-state index in [1.165, 1.54) is 34.2 Å². The maximum Gasteiger partial charge on any atom is 0.289 e. The zero-order valence-corrected chi connectivity index (χ0v) is 64.5. The molecule has 6 aromatic carbocycles. The number of fused-ring (bicyclic) bond motifs is 2. The van der Waals surface area contributed by atoms with Crippen LogP contribution < -0.4 is 18.9 Å². The van der Waals surface area contributed by atoms with Crippen molar-refractivity contribution in [1.82, 2.24) is 48.4 Å². The van der Waals surface area contributed by atoms with Gasteiger partial charge in [-0.3, -0.25) is 0 Å². The Morgan fingerprint density at radius 3 is 1.14 bits per heavy atom. The van der Waals surface area contributed by atoms with Crippen LogP contribution in [-0.4, -0.2) is 157 Å². The SMILES string of the molecule is C.COc1ccc(C(OCc2nc3cncnc3n2CC(F)(F)CO)(c2ccccc2)c2ccc(OC)cc2)cc1.[C-]#[N+]CCOP(Cl)N(C(C)C)C(C)C.[C-]#[N+]CCOP(OCC(F)(F)Cn1c(COC(c2ccccc2)(c2ccc(OC)cc2)c2ccc(OC)cc2)nc2cncnc21)N(C(C)C)C(C)C. The number of rotatable bonds is 36. The summed E-state index contributed by atoms with van der Waals surface area (Å²) in [5, 5.41) is 9.28. The van der Waals surface area contributed by atoms with Crippen LogP contribution in [-0.2, 0) is 60.6 Å². The molecular formula is C79H95ClF4N12O10P2. The highest BCUT2D eigenvalue weighted by atomic mass is 35.7. The highest BCUT2D eigenvalue weighted by molar-refractivity contribution is 7.78. The number of aromatic nitrogens is 8. The molecule has 29 heteroatoms. The summed E-state index contributed by atoms with van der Waals surface area (Å²) < 4.78 is 120. The minimum absolute atomic E-state index is 0. The van der Waals surface area contributed by atoms with Gasteiger partial charge in [0.25, 0.3) is 20.4 Å². The minimum atomic E-state index is -3.39. The van der Waals surface area contributed by atoms with Crippen LogP contribution in [0.3, 0.4) is 0 Å². The molecule has 0 saturated heterocycles. The van der Waals surface area contributed by atoms with Gasteiger partial charge in [-0.25, -0.2) is 70.0 Å². The number of imidazole rings is 2. The number of methoxy groups -OCH3 is 4. The van der Waals surface area contributed by atoms with E-state index in [4.69, 9.17) is 71.4 Å². The van der Waals surface area contributed by atoms with E-state index in [9.17, 15) is 13.9 Å². The zero-order valence-electron chi connectivity index (χ0n) is 62.0. The largest absolute Gasteiger partial charge is 0.497 e. The van der Waals surface area contributed by atoms with Gasteiger partial charge in [0.1, 0.15) is 109 Å². The molecule has 0 aliphatic heterocycles. The molecule has 0 aliphatic carbocycles. The molecule has 2 atom stereocenters. The van der Waals surface area contributed by atoms with Crippen LogP contribution in [0.4, 0.5) is 17.6 Å². The van der Waals surface area contributed by atoms with E-state index >= 15 is 8.78 Å². The Balaban J connectivity index is 0.000000260. The van der Waals surface area contributed by atoms with Crippen molar-refractivity contribution in [3.8, 4) is 23.0 Å². The lowest BCUT2D eigenvalue weighted by Crippen LogP contribution is -2.36. The third kappa shape index (κ3) is 22.0. The van der Waals surface area contributed by atoms with E-state index < -0.39 is 65.5 Å². The number of halogens is 5. The molecule has 576 valence electrons. The lowest BCUT2D eigenvalue weighted by atomic mass is 9.80. The third-order valence-electron chi connectivity index (χ3n) is 16.8. The normalized spacial score (nSPS) is 12.5. The maximum absolute atomic E-state index is 16.1. The average Bonchev–Trinajstić information content (AvgIpc) is 0.835. The van der Waals surface area contributed by atoms with Gasteiger partial charge in [0.05, 0.1) is 53.9 Å². The summed E-state index contributed by atoms with van der Waals surface area (Å²) in [4.78, 5) is 32.3. The summed E-state index contributed by atoms with van der Waals surface area (Å²) in [6.45, 7) is 26.7. The van der Waals surface area contributed by atoms with Gasteiger partial charge in [0, 0.05) is 24.2 Å². The van der Waals surface area contributed by atoms with Gasteiger partial charge in [-0.05, 0) is 149 Å². The average molecular weight is 1550 g/mol. The maximum atomic E-state index is 16.1. The predicted octanol–water partition coefficient (Wildman–Crippen LogP) is 17.4. The molecule has 0 amide bonds. The first kappa shape index (κ1) is 86.4. The Bertz CT molecular complexity index is 4320. The van der Waals surface area contributed by atoms with E-state index in [-0.39, 0.29) is 68.8 Å². The van der Waals surface area contributed by atoms with Crippen LogP contribution in [0.15, 0.2) is 183 Å². The van der Waals surface area contributed by atoms with Crippen molar-refractivity contribution in [3.63, 3.8) is 0 Å². The molecule has 10 aromatic rings. The highest BCUT2D eigenvalue weighted by Crippen LogP contribution is 2.50. The van der Waals surface area contributed by atoms with E-state index in [0.717, 1.165) is 33.4 Å². The second-order valence-corrected chi connectivity index (χ2v) is 28.9. The second-order valence-electron chi connectivity index (χ2n) is 25.4. The fourth-order valence-electron chi connectivity index (χ4n) is 12.1. The van der Waals surface area contributed by atoms with Crippen molar-refractivity contribution in [2.24, 2.45) is 0 Å². The number of ether oxygens (including phenoxy) is 6. The first-order chi connectivity index (χ1) is 51.4. The number of hydrogen-bond donors (Lipinski definition) is 1. The van der Waals surface area contributed by atoms with Crippen LogP contribution in [0.25, 0.3) is 32.0 Å². The molecule has 0 aliphatic rings. The summed E-state index contributed by atoms with van der Waals surface area (Å²) in [7, 11) is 3.44. The molecular weight excluding hydrogens is 1450 g/mol. The van der Waals surface area contributed by atoms with Gasteiger partial charge < -0.3 is 65.9 Å². The van der Waals surface area contributed by atoms with E-state index in [1.807, 2.05) is 190 Å². The van der Waals surface area contributed by atoms with Gasteiger partial charge >= 0.3 is 0 Å². The van der Waals surface area contributed by atoms with E-state index in [2.05, 4.69) is 67.0 Å². The Hall–Kier alpha value is -8.85. The van der Waals surface area contributed by atoms with Crippen LogP contribution in [0.5, 0.6) is 23.0 Å². The lowest BCUT2D eigenvalue weighted by Gasteiger charge is -2.36. The van der Waals surface area contributed by atoms with Gasteiger partial charge in [-0.2, -0.15) is 0 Å². The van der Waals surface area contributed by atoms with Gasteiger partial charge in [-0.1, -0.05) is 117 Å². The Labute approximate surface area is 637 Å². The lowest BCUT2D eigenvalue weighted by molar-refractivity contribution is -0.0647. The van der Waals surface area contributed by atoms with Crippen molar-refractivity contribution >= 4 is 49.7 Å². The Morgan fingerprint density at radius 1 is 0.481 bits per heavy atom. The molecule has 4 heterocycles. The fraction of sp³-hybridized carbons (Fsp3) is 0.392. The van der Waals surface area contributed by atoms with E-state index in [0.29, 0.717) is 59.3 Å². The number of hydrogen-bond acceptors (Lipinski definition) is 18. The molecule has 0 bridgehead atoms. The van der Waals surface area contributed by atoms with Crippen molar-refractivity contribution < 1.29 is 64.7 Å². The quantitative estimate of drug-likeness (QED) is 0.0127. The standard InChI is InChI=1S/C39H45F2N6O5P.C30H28F2N4O4.C9H18ClN2OP.CH4/c1-28(2)47(29(3)4)53(51-22-21-42-5)52-26-38(40,41)25-46-36(45-35-23-43-27-44-37(35)46)24-50-39(30-11-9-8-10-12-30,31-13-17-33(48-6)18-14-31)32-15-19-34(49-7)20-16-32;1-38-24-12-8-22(9-13-24)30(21-6-4-3-5-7-21,23-10-14-25(39-2)15-11-23)40-17-27-35-26-16-33-20-34-28(26)36(27)18-29(31,32)19-37;1-8(2)12(9(3)4)14(10)13-7-6-11-5;/h8-20,23,27-29H,21-22,24-26H2,1-4,6-7H3;3-16,20,37H,17-19H2,1-2H3;8-9H,6-7H2,1-4H3;1H4. The molecule has 0 saturated carbocycles. The topological polar surface area (TPSA) is 206 Å². The second kappa shape index (κ2) is 41.1. The molecule has 1 N–H and O–H groups in total. The Morgan fingerprint density at radius 2 is 0.815 bits per heavy atom. The molecule has 22 nitrogen and oxygen atoms in total. The molecule has 2 unspecified atom stereocenters. The number of alkyl halides is 4. The molecule has 0 fully saturated rings. The van der Waals surface area contributed by atoms with Crippen molar-refractivity contribution in [2.75, 3.05) is 68.0 Å². The van der Waals surface area contributed by atoms with Crippen LogP contribution >= 0.6 is 27.4 Å². The first-order valence-electron chi connectivity index (χ1n) is 34.4. The van der Waals surface area contributed by atoms with Gasteiger partial charge in [0.15, 0.2) is 11.3 Å². The van der Waals surface area contributed by atoms with E-state index in [1.54, 1.807) is 28.4 Å². The van der Waals surface area contributed by atoms with Crippen molar-refractivity contribution in [2.45, 2.75) is 136 Å². The molecule has 0 radical (unpaired) electrons. The number of aliphatic hydroxyl groups is 1. The summed E-state index contributed by atoms with van der Waals surface area (Å²) >= 11 is 6.14. The van der Waals surface area contributed by atoms with Crippen molar-refractivity contribution in [3.05, 3.63) is 251 Å². The molecule has 10 rings (SSSR count). The Kier molecular flexibility index (Phi) is 32.9. The summed E-state index contributed by atoms with van der Waals surface area (Å²) in [5.41, 5.74) is 3.51. The molecule has 108 heavy (non-hydrogen) atoms. The molecule has 0 spiro atoms. The van der Waals surface area contributed by atoms with Gasteiger partial charge in [0.2, 0.25) is 20.7 Å². The number of nitrogens with zero attached hydrogens (tertiary/aromatic N) is 12.